The van der Waals surface area contributed by atoms with Crippen molar-refractivity contribution >= 4 is 0 Å². The second-order valence-corrected chi connectivity index (χ2v) is 4.85. The third-order valence-electron chi connectivity index (χ3n) is 4.04. The quantitative estimate of drug-likeness (QED) is 0.366. The van der Waals surface area contributed by atoms with Crippen LogP contribution in [-0.4, -0.2) is 75.5 Å². The molecule has 0 unspecified atom stereocenters. The molecule has 4 atom stereocenters. The molecule has 2 saturated heterocycles. The van der Waals surface area contributed by atoms with Gasteiger partial charge in [0.05, 0.1) is 19.7 Å². The van der Waals surface area contributed by atoms with Crippen LogP contribution < -0.4 is 17.0 Å². The summed E-state index contributed by atoms with van der Waals surface area (Å²) >= 11 is 0. The third kappa shape index (κ3) is 2.14. The number of hydrogen-bond acceptors (Lipinski definition) is 4. The molecule has 16 heavy (non-hydrogen) atoms. The van der Waals surface area contributed by atoms with Crippen LogP contribution in [0, 0.1) is 0 Å². The highest BCUT2D eigenvalue weighted by molar-refractivity contribution is 4.88. The number of quaternary nitrogens is 1. The maximum Gasteiger partial charge on any atom is 0.141 e. The van der Waals surface area contributed by atoms with E-state index in [4.69, 9.17) is 0 Å². The van der Waals surface area contributed by atoms with Crippen LogP contribution in [0.15, 0.2) is 0 Å². The molecular formula is C10H20BrNO4. The van der Waals surface area contributed by atoms with Crippen molar-refractivity contribution < 1.29 is 41.9 Å². The summed E-state index contributed by atoms with van der Waals surface area (Å²) in [6.07, 6.45) is -0.887. The molecule has 0 aromatic carbocycles. The summed E-state index contributed by atoms with van der Waals surface area (Å²) in [6, 6.07) is -0.342. The first-order chi connectivity index (χ1) is 7.10. The zero-order chi connectivity index (χ0) is 11.1. The van der Waals surface area contributed by atoms with Gasteiger partial charge in [0, 0.05) is 12.8 Å². The molecule has 4 N–H and O–H groups in total. The fraction of sp³-hybridized carbons (Fsp3) is 1.00. The second kappa shape index (κ2) is 5.29. The van der Waals surface area contributed by atoms with Crippen molar-refractivity contribution in [3.05, 3.63) is 0 Å². The Balaban J connectivity index is 0.00000128. The third-order valence-corrected chi connectivity index (χ3v) is 4.04. The minimum atomic E-state index is -1.12. The monoisotopic (exact) mass is 297 g/mol. The van der Waals surface area contributed by atoms with Crippen molar-refractivity contribution in [3.63, 3.8) is 0 Å². The largest absolute Gasteiger partial charge is 1.00 e. The number of aliphatic hydroxyl groups excluding tert-OH is 4. The number of nitrogens with zero attached hydrogens (tertiary/aromatic N) is 1. The van der Waals surface area contributed by atoms with Gasteiger partial charge in [-0.25, -0.2) is 0 Å². The van der Waals surface area contributed by atoms with Crippen molar-refractivity contribution in [2.75, 3.05) is 26.2 Å². The van der Waals surface area contributed by atoms with E-state index in [-0.39, 0.29) is 29.6 Å². The van der Waals surface area contributed by atoms with Crippen molar-refractivity contribution in [1.82, 2.24) is 0 Å². The van der Waals surface area contributed by atoms with Crippen LogP contribution in [0.25, 0.3) is 0 Å². The van der Waals surface area contributed by atoms with Gasteiger partial charge in [0.2, 0.25) is 0 Å². The predicted octanol–water partition coefficient (Wildman–Crippen LogP) is -4.94. The van der Waals surface area contributed by atoms with E-state index >= 15 is 0 Å². The number of piperidine rings is 1. The molecule has 0 radical (unpaired) electrons. The van der Waals surface area contributed by atoms with Crippen LogP contribution in [0.2, 0.25) is 0 Å². The van der Waals surface area contributed by atoms with Gasteiger partial charge in [-0.3, -0.25) is 0 Å². The molecule has 6 heteroatoms. The van der Waals surface area contributed by atoms with Gasteiger partial charge in [0.15, 0.2) is 0 Å². The van der Waals surface area contributed by atoms with Gasteiger partial charge >= 0.3 is 0 Å². The summed E-state index contributed by atoms with van der Waals surface area (Å²) < 4.78 is 0.565. The predicted molar refractivity (Wildman–Crippen MR) is 53.0 cm³/mol. The Morgan fingerprint density at radius 2 is 1.56 bits per heavy atom. The lowest BCUT2D eigenvalue weighted by Crippen LogP contribution is -3.00. The van der Waals surface area contributed by atoms with Crippen LogP contribution in [-0.2, 0) is 0 Å². The molecule has 0 amide bonds. The first-order valence-electron chi connectivity index (χ1n) is 5.61. The summed E-state index contributed by atoms with van der Waals surface area (Å²) in [5.74, 6) is 0. The lowest BCUT2D eigenvalue weighted by molar-refractivity contribution is -0.953. The number of aliphatic hydroxyl groups is 4. The van der Waals surface area contributed by atoms with Crippen molar-refractivity contribution in [3.8, 4) is 0 Å². The molecule has 2 aliphatic heterocycles. The maximum absolute atomic E-state index is 9.85. The molecule has 2 fully saturated rings. The van der Waals surface area contributed by atoms with Gasteiger partial charge in [0.25, 0.3) is 0 Å². The molecule has 0 aromatic rings. The first-order valence-corrected chi connectivity index (χ1v) is 5.61. The molecule has 2 aliphatic rings. The number of halogens is 1. The van der Waals surface area contributed by atoms with Gasteiger partial charge in [-0.2, -0.15) is 0 Å². The Kier molecular flexibility index (Phi) is 4.74. The van der Waals surface area contributed by atoms with Crippen molar-refractivity contribution in [1.29, 1.82) is 0 Å². The summed E-state index contributed by atoms with van der Waals surface area (Å²) in [5, 5.41) is 38.4. The fourth-order valence-electron chi connectivity index (χ4n) is 3.16. The lowest BCUT2D eigenvalue weighted by Gasteiger charge is -2.49. The first kappa shape index (κ1) is 14.3. The molecular weight excluding hydrogens is 278 g/mol. The minimum Gasteiger partial charge on any atom is -1.00 e. The van der Waals surface area contributed by atoms with E-state index in [9.17, 15) is 20.4 Å². The Labute approximate surface area is 106 Å². The van der Waals surface area contributed by atoms with E-state index in [0.29, 0.717) is 11.0 Å². The van der Waals surface area contributed by atoms with E-state index in [0.717, 1.165) is 25.9 Å². The highest BCUT2D eigenvalue weighted by Gasteiger charge is 2.53. The van der Waals surface area contributed by atoms with E-state index in [2.05, 4.69) is 0 Å². The molecule has 0 saturated carbocycles. The van der Waals surface area contributed by atoms with E-state index in [1.54, 1.807) is 0 Å². The highest BCUT2D eigenvalue weighted by atomic mass is 79.9. The van der Waals surface area contributed by atoms with Crippen LogP contribution >= 0.6 is 0 Å². The molecule has 2 heterocycles. The van der Waals surface area contributed by atoms with Gasteiger partial charge in [0.1, 0.15) is 30.9 Å². The Bertz CT molecular complexity index is 235. The molecule has 2 rings (SSSR count). The van der Waals surface area contributed by atoms with E-state index in [1.165, 1.54) is 0 Å². The molecule has 1 spiro atoms. The molecule has 96 valence electrons. The van der Waals surface area contributed by atoms with Gasteiger partial charge in [-0.15, -0.1) is 0 Å². The Morgan fingerprint density at radius 3 is 2.06 bits per heavy atom. The van der Waals surface area contributed by atoms with Gasteiger partial charge in [-0.05, 0) is 0 Å². The number of hydrogen-bond donors (Lipinski definition) is 4. The van der Waals surface area contributed by atoms with Crippen LogP contribution in [0.4, 0.5) is 0 Å². The molecule has 0 bridgehead atoms. The standard InChI is InChI=1S/C10H20NO4.BrH/c12-6-7-9(14)10(15)8(13)5-11(7)3-1-2-4-11;/h7-10,12-15H,1-6H2;1H/q+1;/p-1/t7-,8-,9-,10-;/m1./s1. The minimum absolute atomic E-state index is 0. The SMILES string of the molecule is OC[C@@H]1[C@@H](O)[C@H](O)[C@H](O)C[N+]12CCCC2.[Br-]. The highest BCUT2D eigenvalue weighted by Crippen LogP contribution is 2.31. The van der Waals surface area contributed by atoms with Crippen LogP contribution in [0.3, 0.4) is 0 Å². The summed E-state index contributed by atoms with van der Waals surface area (Å²) in [7, 11) is 0. The van der Waals surface area contributed by atoms with Crippen molar-refractivity contribution in [2.45, 2.75) is 37.2 Å². The van der Waals surface area contributed by atoms with Gasteiger partial charge in [-0.1, -0.05) is 0 Å². The van der Waals surface area contributed by atoms with Gasteiger partial charge < -0.3 is 41.9 Å². The molecule has 0 aromatic heterocycles. The second-order valence-electron chi connectivity index (χ2n) is 4.85. The lowest BCUT2D eigenvalue weighted by atomic mass is 9.92. The van der Waals surface area contributed by atoms with Crippen LogP contribution in [0.1, 0.15) is 12.8 Å². The zero-order valence-electron chi connectivity index (χ0n) is 9.17. The van der Waals surface area contributed by atoms with Crippen LogP contribution in [0.5, 0.6) is 0 Å². The molecule has 5 nitrogen and oxygen atoms in total. The normalized spacial score (nSPS) is 42.0. The maximum atomic E-state index is 9.85. The fourth-order valence-corrected chi connectivity index (χ4v) is 3.16. The average Bonchev–Trinajstić information content (AvgIpc) is 2.65. The zero-order valence-corrected chi connectivity index (χ0v) is 10.8. The van der Waals surface area contributed by atoms with Crippen molar-refractivity contribution in [2.24, 2.45) is 0 Å². The van der Waals surface area contributed by atoms with E-state index < -0.39 is 18.3 Å². The smallest absolute Gasteiger partial charge is 0.141 e. The summed E-state index contributed by atoms with van der Waals surface area (Å²) in [6.45, 7) is 2.08. The average molecular weight is 298 g/mol. The molecule has 0 aliphatic carbocycles. The van der Waals surface area contributed by atoms with E-state index in [1.807, 2.05) is 0 Å². The Hall–Kier alpha value is 0.280. The Morgan fingerprint density at radius 1 is 1.00 bits per heavy atom. The topological polar surface area (TPSA) is 80.9 Å². The summed E-state index contributed by atoms with van der Waals surface area (Å²) in [5.41, 5.74) is 0. The summed E-state index contributed by atoms with van der Waals surface area (Å²) in [4.78, 5) is 0. The number of rotatable bonds is 1.